The molecule has 16 heteroatoms. The quantitative estimate of drug-likeness (QED) is 0.0512. The van der Waals surface area contributed by atoms with Gasteiger partial charge in [-0.15, -0.1) is 0 Å². The third kappa shape index (κ3) is 9.95. The van der Waals surface area contributed by atoms with E-state index in [-0.39, 0.29) is 0 Å². The van der Waals surface area contributed by atoms with E-state index in [4.69, 9.17) is 34.6 Å². The highest BCUT2D eigenvalue weighted by Gasteiger charge is 2.25. The van der Waals surface area contributed by atoms with Gasteiger partial charge in [-0.2, -0.15) is 0 Å². The number of benzene rings is 3. The van der Waals surface area contributed by atoms with E-state index in [0.29, 0.717) is 41.9 Å². The summed E-state index contributed by atoms with van der Waals surface area (Å²) in [5, 5.41) is 3.50. The van der Waals surface area contributed by atoms with Gasteiger partial charge in [0.25, 0.3) is 0 Å². The van der Waals surface area contributed by atoms with Gasteiger partial charge in [-0.1, -0.05) is 37.3 Å². The third-order valence-electron chi connectivity index (χ3n) is 17.0. The first-order valence-corrected chi connectivity index (χ1v) is 28.7. The van der Waals surface area contributed by atoms with Crippen LogP contribution in [-0.2, 0) is 37.2 Å². The van der Waals surface area contributed by atoms with Gasteiger partial charge in [0.1, 0.15) is 17.5 Å². The number of fused-ring (bicyclic) bond motifs is 6. The Balaban J connectivity index is 0.787. The van der Waals surface area contributed by atoms with Gasteiger partial charge >= 0.3 is 0 Å². The number of nitrogens with zero attached hydrogens (tertiary/aromatic N) is 9. The van der Waals surface area contributed by atoms with E-state index < -0.39 is 0 Å². The van der Waals surface area contributed by atoms with Crippen LogP contribution in [0.2, 0.25) is 0 Å². The fourth-order valence-corrected chi connectivity index (χ4v) is 12.9. The Bertz CT molecular complexity index is 4230. The first-order chi connectivity index (χ1) is 39.1. The summed E-state index contributed by atoms with van der Waals surface area (Å²) >= 11 is 0. The van der Waals surface area contributed by atoms with E-state index in [1.165, 1.54) is 66.2 Å². The number of hydrogen-bond donors (Lipinski definition) is 6. The van der Waals surface area contributed by atoms with Gasteiger partial charge in [0, 0.05) is 118 Å². The molecule has 0 atom stereocenters. The number of aryl methyl sites for hydroxylation is 1. The third-order valence-corrected chi connectivity index (χ3v) is 17.0. The Morgan fingerprint density at radius 3 is 1.85 bits per heavy atom. The van der Waals surface area contributed by atoms with Crippen LogP contribution in [0.3, 0.4) is 0 Å². The molecule has 12 aromatic rings. The van der Waals surface area contributed by atoms with E-state index in [9.17, 15) is 0 Å². The molecule has 1 saturated carbocycles. The number of hydrogen-bond acceptors (Lipinski definition) is 10. The van der Waals surface area contributed by atoms with E-state index in [2.05, 4.69) is 157 Å². The molecule has 9 aromatic heterocycles. The predicted octanol–water partition coefficient (Wildman–Crippen LogP) is 12.3. The Kier molecular flexibility index (Phi) is 13.1. The lowest BCUT2D eigenvalue weighted by atomic mass is 9.92. The molecule has 0 bridgehead atoms. The molecule has 406 valence electrons. The van der Waals surface area contributed by atoms with Gasteiger partial charge in [-0.25, -0.2) is 29.9 Å². The molecule has 10 heterocycles. The van der Waals surface area contributed by atoms with Crippen molar-refractivity contribution in [1.82, 2.24) is 74.5 Å². The number of imidazole rings is 3. The number of aromatic amines is 6. The van der Waals surface area contributed by atoms with Crippen LogP contribution in [0.4, 0.5) is 0 Å². The molecule has 2 aliphatic rings. The van der Waals surface area contributed by atoms with Crippen LogP contribution in [0, 0.1) is 6.92 Å². The van der Waals surface area contributed by atoms with Gasteiger partial charge < -0.3 is 39.5 Å². The van der Waals surface area contributed by atoms with E-state index in [1.54, 1.807) is 0 Å². The summed E-state index contributed by atoms with van der Waals surface area (Å²) in [4.78, 5) is 59.9. The highest BCUT2D eigenvalue weighted by molar-refractivity contribution is 5.97. The molecule has 0 spiro atoms. The van der Waals surface area contributed by atoms with Gasteiger partial charge in [0.2, 0.25) is 0 Å². The molecule has 6 N–H and O–H groups in total. The maximum absolute atomic E-state index is 5.65. The van der Waals surface area contributed by atoms with Crippen molar-refractivity contribution in [3.05, 3.63) is 143 Å². The van der Waals surface area contributed by atoms with Crippen LogP contribution in [0.5, 0.6) is 0 Å². The fraction of sp³-hybridized carbons (Fsp3) is 0.344. The zero-order valence-electron chi connectivity index (χ0n) is 46.4. The van der Waals surface area contributed by atoms with Crippen LogP contribution >= 0.6 is 0 Å². The lowest BCUT2D eigenvalue weighted by molar-refractivity contribution is 0.0427. The van der Waals surface area contributed by atoms with Crippen LogP contribution in [0.1, 0.15) is 97.4 Å². The van der Waals surface area contributed by atoms with Crippen molar-refractivity contribution in [3.8, 4) is 33.8 Å². The number of pyridine rings is 3. The molecule has 1 aliphatic carbocycles. The molecule has 2 fully saturated rings. The summed E-state index contributed by atoms with van der Waals surface area (Å²) in [6.07, 6.45) is 11.4. The smallest absolute Gasteiger partial charge is 0.178 e. The normalized spacial score (nSPS) is 16.5. The van der Waals surface area contributed by atoms with Gasteiger partial charge in [-0.05, 0) is 163 Å². The molecule has 1 aliphatic heterocycles. The second-order valence-corrected chi connectivity index (χ2v) is 22.9. The zero-order chi connectivity index (χ0) is 54.0. The number of likely N-dealkylation sites (tertiary alicyclic amines) is 1. The summed E-state index contributed by atoms with van der Waals surface area (Å²) in [6, 6.07) is 34.0. The first kappa shape index (κ1) is 50.2. The Hall–Kier alpha value is -8.02. The fourth-order valence-electron chi connectivity index (χ4n) is 12.9. The van der Waals surface area contributed by atoms with Crippen molar-refractivity contribution >= 4 is 66.2 Å². The van der Waals surface area contributed by atoms with Crippen molar-refractivity contribution < 1.29 is 4.74 Å². The monoisotopic (exact) mass is 1060 g/mol. The standard InChI is InChI=1S/C64H69N15O/c1-6-21-77(3)34-39-9-12-41-28-56(71-52(41)25-39)50-31-45(32-57-73-59-48(19-20-65-62(59)75-57)54-29-43-24-38(11-18-51(43)70-54)35-78(4)46-14-16-47(80-5)17-15-46)69-64-61(50)74-58(76-64)33-44-30-49(60-63(68-44)67-37(2)66-60)55-27-42-13-10-40(26-53(42)72-55)36-79-22-7-8-23-79/h9-13,18-20,24-31,46-47,70-72H,6-8,14-17,21-23,32-36H2,1-5H3,(H,65,73,75)(H,66,67,68)(H,69,74,76). The Morgan fingerprint density at radius 1 is 0.562 bits per heavy atom. The first-order valence-electron chi connectivity index (χ1n) is 28.7. The number of ether oxygens (including phenoxy) is 1. The number of nitrogens with one attached hydrogen (secondary N) is 6. The molecule has 3 aromatic carbocycles. The van der Waals surface area contributed by atoms with E-state index in [0.717, 1.165) is 147 Å². The van der Waals surface area contributed by atoms with Crippen LogP contribution in [0.15, 0.2) is 97.2 Å². The summed E-state index contributed by atoms with van der Waals surface area (Å²) in [7, 11) is 6.28. The van der Waals surface area contributed by atoms with E-state index >= 15 is 0 Å². The molecule has 16 nitrogen and oxygen atoms in total. The van der Waals surface area contributed by atoms with Crippen molar-refractivity contribution in [1.29, 1.82) is 0 Å². The summed E-state index contributed by atoms with van der Waals surface area (Å²) in [5.41, 5.74) is 19.5. The molecule has 1 saturated heterocycles. The van der Waals surface area contributed by atoms with Crippen molar-refractivity contribution in [2.24, 2.45) is 0 Å². The minimum absolute atomic E-state index is 0.396. The SMILES string of the molecule is CCCN(C)Cc1ccc2cc(-c3cc(Cc4nc5nccc(-c6cc7cc(CN(C)C8CCC(OC)CC8)ccc7[nH]6)c5[nH]4)nc4nc(Cc5cc(-c6cc7ccc(CN8CCCC8)cc7[nH]6)c6[nH]c(C)nc6n5)[nH]c34)[nH]c2c1. The van der Waals surface area contributed by atoms with Gasteiger partial charge in [0.05, 0.1) is 34.0 Å². The number of methoxy groups -OCH3 is 1. The van der Waals surface area contributed by atoms with Crippen LogP contribution in [0.25, 0.3) is 100.0 Å². The maximum Gasteiger partial charge on any atom is 0.178 e. The average Bonchev–Trinajstić information content (AvgIpc) is 4.52. The maximum atomic E-state index is 5.65. The molecular formula is C64H69N15O. The average molecular weight is 1060 g/mol. The van der Waals surface area contributed by atoms with E-state index in [1.807, 2.05) is 20.2 Å². The molecule has 0 amide bonds. The zero-order valence-corrected chi connectivity index (χ0v) is 46.4. The van der Waals surface area contributed by atoms with Crippen LogP contribution in [-0.4, -0.2) is 127 Å². The minimum Gasteiger partial charge on any atom is -0.381 e. The number of H-pyrrole nitrogens is 6. The minimum atomic E-state index is 0.396. The lowest BCUT2D eigenvalue weighted by Crippen LogP contribution is -2.36. The van der Waals surface area contributed by atoms with Crippen LogP contribution < -0.4 is 0 Å². The Morgan fingerprint density at radius 2 is 1.15 bits per heavy atom. The largest absolute Gasteiger partial charge is 0.381 e. The van der Waals surface area contributed by atoms with Crippen molar-refractivity contribution in [2.45, 2.75) is 103 Å². The number of rotatable bonds is 17. The van der Waals surface area contributed by atoms with Gasteiger partial charge in [0.15, 0.2) is 16.9 Å². The topological polar surface area (TPSA) is 191 Å². The lowest BCUT2D eigenvalue weighted by Gasteiger charge is -2.34. The molecule has 80 heavy (non-hydrogen) atoms. The molecule has 14 rings (SSSR count). The molecule has 0 radical (unpaired) electrons. The number of aromatic nitrogens is 12. The second kappa shape index (κ2) is 20.9. The highest BCUT2D eigenvalue weighted by atomic mass is 16.5. The highest BCUT2D eigenvalue weighted by Crippen LogP contribution is 2.36. The molecule has 0 unspecified atom stereocenters. The van der Waals surface area contributed by atoms with Crippen molar-refractivity contribution in [2.75, 3.05) is 40.8 Å². The Labute approximate surface area is 464 Å². The summed E-state index contributed by atoms with van der Waals surface area (Å²) in [5.74, 6) is 2.35. The summed E-state index contributed by atoms with van der Waals surface area (Å²) < 4.78 is 5.65. The summed E-state index contributed by atoms with van der Waals surface area (Å²) in [6.45, 7) is 10.4. The molecular weight excluding hydrogens is 995 g/mol. The second-order valence-electron chi connectivity index (χ2n) is 22.9. The predicted molar refractivity (Wildman–Crippen MR) is 320 cm³/mol. The van der Waals surface area contributed by atoms with Gasteiger partial charge in [-0.3, -0.25) is 9.80 Å². The van der Waals surface area contributed by atoms with Crippen molar-refractivity contribution in [3.63, 3.8) is 0 Å².